The molecular formula is C11H11NO2. The van der Waals surface area contributed by atoms with Crippen LogP contribution in [0.25, 0.3) is 0 Å². The molecule has 72 valence electrons. The molecule has 3 nitrogen and oxygen atoms in total. The highest BCUT2D eigenvalue weighted by atomic mass is 16.6. The minimum Gasteiger partial charge on any atom is -0.264 e. The lowest BCUT2D eigenvalue weighted by atomic mass is 9.87. The van der Waals surface area contributed by atoms with E-state index < -0.39 is 5.54 Å². The number of fused-ring (bicyclic) bond motifs is 5. The summed E-state index contributed by atoms with van der Waals surface area (Å²) < 4.78 is 0. The van der Waals surface area contributed by atoms with Gasteiger partial charge in [0, 0.05) is 23.3 Å². The fraction of sp³-hybridized carbons (Fsp3) is 0.455. The third-order valence-electron chi connectivity index (χ3n) is 3.74. The molecule has 1 fully saturated rings. The van der Waals surface area contributed by atoms with Crippen molar-refractivity contribution in [3.8, 4) is 0 Å². The molecule has 2 aliphatic carbocycles. The summed E-state index contributed by atoms with van der Waals surface area (Å²) in [5, 5.41) is 11.1. The van der Waals surface area contributed by atoms with E-state index >= 15 is 0 Å². The summed E-state index contributed by atoms with van der Waals surface area (Å²) in [6.45, 7) is 0. The molecule has 0 amide bonds. The molecule has 0 heterocycles. The van der Waals surface area contributed by atoms with E-state index in [1.807, 2.05) is 24.3 Å². The molecule has 1 aromatic carbocycles. The highest BCUT2D eigenvalue weighted by molar-refractivity contribution is 5.43. The van der Waals surface area contributed by atoms with Gasteiger partial charge in [-0.25, -0.2) is 0 Å². The van der Waals surface area contributed by atoms with Crippen molar-refractivity contribution < 1.29 is 4.92 Å². The Kier molecular flexibility index (Phi) is 1.34. The predicted octanol–water partition coefficient (Wildman–Crippen LogP) is 2.44. The van der Waals surface area contributed by atoms with Crippen LogP contribution >= 0.6 is 0 Å². The Labute approximate surface area is 81.9 Å². The molecule has 3 heteroatoms. The van der Waals surface area contributed by atoms with E-state index in [-0.39, 0.29) is 4.92 Å². The molecule has 2 atom stereocenters. The molecule has 1 aromatic rings. The second kappa shape index (κ2) is 2.35. The van der Waals surface area contributed by atoms with Crippen LogP contribution in [0.15, 0.2) is 24.3 Å². The van der Waals surface area contributed by atoms with E-state index in [0.29, 0.717) is 5.92 Å². The first-order chi connectivity index (χ1) is 6.74. The topological polar surface area (TPSA) is 43.1 Å². The van der Waals surface area contributed by atoms with Crippen LogP contribution in [-0.2, 0) is 5.54 Å². The zero-order valence-corrected chi connectivity index (χ0v) is 7.77. The third-order valence-corrected chi connectivity index (χ3v) is 3.74. The van der Waals surface area contributed by atoms with Gasteiger partial charge in [-0.05, 0) is 17.9 Å². The summed E-state index contributed by atoms with van der Waals surface area (Å²) in [5.41, 5.74) is 1.46. The second-order valence-corrected chi connectivity index (χ2v) is 4.32. The first-order valence-corrected chi connectivity index (χ1v) is 4.98. The van der Waals surface area contributed by atoms with Gasteiger partial charge in [-0.1, -0.05) is 24.3 Å². The highest BCUT2D eigenvalue weighted by Gasteiger charge is 2.58. The molecule has 0 N–H and O–H groups in total. The Morgan fingerprint density at radius 3 is 3.00 bits per heavy atom. The Balaban J connectivity index is 2.24. The number of rotatable bonds is 1. The molecule has 2 aliphatic rings. The monoisotopic (exact) mass is 189 g/mol. The van der Waals surface area contributed by atoms with E-state index in [2.05, 4.69) is 0 Å². The SMILES string of the molecule is O=[N+]([O-])C12CCC(C1)c1ccccc12. The summed E-state index contributed by atoms with van der Waals surface area (Å²) in [4.78, 5) is 11.1. The normalized spacial score (nSPS) is 33.0. The maximum atomic E-state index is 11.1. The van der Waals surface area contributed by atoms with Crippen LogP contribution in [0.2, 0.25) is 0 Å². The van der Waals surface area contributed by atoms with Crippen LogP contribution in [0.5, 0.6) is 0 Å². The number of hydrogen-bond donors (Lipinski definition) is 0. The molecule has 2 bridgehead atoms. The van der Waals surface area contributed by atoms with Gasteiger partial charge in [0.25, 0.3) is 0 Å². The van der Waals surface area contributed by atoms with Crippen molar-refractivity contribution in [2.24, 2.45) is 0 Å². The molecule has 0 aliphatic heterocycles. The maximum Gasteiger partial charge on any atom is 0.248 e. The number of benzene rings is 1. The van der Waals surface area contributed by atoms with Gasteiger partial charge in [-0.3, -0.25) is 10.1 Å². The van der Waals surface area contributed by atoms with Crippen molar-refractivity contribution in [2.45, 2.75) is 30.7 Å². The lowest BCUT2D eigenvalue weighted by Crippen LogP contribution is -2.30. The first-order valence-electron chi connectivity index (χ1n) is 4.98. The minimum absolute atomic E-state index is 0.0706. The van der Waals surface area contributed by atoms with Gasteiger partial charge in [0.15, 0.2) is 0 Å². The third kappa shape index (κ3) is 0.733. The zero-order valence-electron chi connectivity index (χ0n) is 7.77. The Hall–Kier alpha value is -1.38. The summed E-state index contributed by atoms with van der Waals surface area (Å²) in [7, 11) is 0. The number of nitro groups is 1. The maximum absolute atomic E-state index is 11.1. The molecule has 3 rings (SSSR count). The van der Waals surface area contributed by atoms with Gasteiger partial charge in [0.1, 0.15) is 0 Å². The predicted molar refractivity (Wildman–Crippen MR) is 51.7 cm³/mol. The van der Waals surface area contributed by atoms with Crippen molar-refractivity contribution in [3.05, 3.63) is 45.5 Å². The van der Waals surface area contributed by atoms with E-state index in [1.165, 1.54) is 5.56 Å². The Bertz CT molecular complexity index is 416. The van der Waals surface area contributed by atoms with Gasteiger partial charge >= 0.3 is 0 Å². The van der Waals surface area contributed by atoms with Crippen molar-refractivity contribution in [2.75, 3.05) is 0 Å². The largest absolute Gasteiger partial charge is 0.264 e. The average Bonchev–Trinajstić information content (AvgIpc) is 2.75. The van der Waals surface area contributed by atoms with Crippen LogP contribution in [0.4, 0.5) is 0 Å². The average molecular weight is 189 g/mol. The first kappa shape index (κ1) is 7.97. The van der Waals surface area contributed by atoms with Crippen molar-refractivity contribution in [1.29, 1.82) is 0 Å². The van der Waals surface area contributed by atoms with Gasteiger partial charge in [0.05, 0.1) is 0 Å². The van der Waals surface area contributed by atoms with Crippen LogP contribution < -0.4 is 0 Å². The number of nitrogens with zero attached hydrogens (tertiary/aromatic N) is 1. The van der Waals surface area contributed by atoms with Crippen LogP contribution in [0.3, 0.4) is 0 Å². The Morgan fingerprint density at radius 1 is 1.43 bits per heavy atom. The van der Waals surface area contributed by atoms with Crippen molar-refractivity contribution >= 4 is 0 Å². The Morgan fingerprint density at radius 2 is 2.21 bits per heavy atom. The van der Waals surface area contributed by atoms with E-state index in [4.69, 9.17) is 0 Å². The number of hydrogen-bond acceptors (Lipinski definition) is 2. The van der Waals surface area contributed by atoms with Gasteiger partial charge in [-0.2, -0.15) is 0 Å². The second-order valence-electron chi connectivity index (χ2n) is 4.32. The highest BCUT2D eigenvalue weighted by Crippen LogP contribution is 2.57. The van der Waals surface area contributed by atoms with Gasteiger partial charge < -0.3 is 0 Å². The summed E-state index contributed by atoms with van der Waals surface area (Å²) >= 11 is 0. The molecule has 2 unspecified atom stereocenters. The van der Waals surface area contributed by atoms with Crippen LogP contribution in [0.1, 0.15) is 36.3 Å². The summed E-state index contributed by atoms with van der Waals surface area (Å²) in [6, 6.07) is 7.86. The van der Waals surface area contributed by atoms with E-state index in [0.717, 1.165) is 24.8 Å². The van der Waals surface area contributed by atoms with E-state index in [9.17, 15) is 10.1 Å². The van der Waals surface area contributed by atoms with Crippen molar-refractivity contribution in [1.82, 2.24) is 0 Å². The van der Waals surface area contributed by atoms with Gasteiger partial charge in [-0.15, -0.1) is 0 Å². The summed E-state index contributed by atoms with van der Waals surface area (Å²) in [5.74, 6) is 0.441. The minimum atomic E-state index is -0.735. The van der Waals surface area contributed by atoms with Crippen molar-refractivity contribution in [3.63, 3.8) is 0 Å². The molecule has 14 heavy (non-hydrogen) atoms. The fourth-order valence-corrected chi connectivity index (χ4v) is 3.08. The zero-order chi connectivity index (χ0) is 9.76. The molecule has 0 radical (unpaired) electrons. The fourth-order valence-electron chi connectivity index (χ4n) is 3.08. The lowest BCUT2D eigenvalue weighted by molar-refractivity contribution is -0.576. The molecule has 0 spiro atoms. The quantitative estimate of drug-likeness (QED) is 0.503. The van der Waals surface area contributed by atoms with Gasteiger partial charge in [0.2, 0.25) is 5.54 Å². The molecule has 0 saturated heterocycles. The molecule has 1 saturated carbocycles. The standard InChI is InChI=1S/C11H11NO2/c13-12(14)11-6-5-8(7-11)9-3-1-2-4-10(9)11/h1-4,8H,5-7H2. The molecular weight excluding hydrogens is 178 g/mol. The summed E-state index contributed by atoms with van der Waals surface area (Å²) in [6.07, 6.45) is 2.43. The smallest absolute Gasteiger partial charge is 0.248 e. The van der Waals surface area contributed by atoms with Crippen LogP contribution in [-0.4, -0.2) is 4.92 Å². The van der Waals surface area contributed by atoms with E-state index in [1.54, 1.807) is 0 Å². The van der Waals surface area contributed by atoms with Crippen LogP contribution in [0, 0.1) is 10.1 Å². The lowest BCUT2D eigenvalue weighted by Gasteiger charge is -2.20. The molecule has 0 aromatic heterocycles.